The summed E-state index contributed by atoms with van der Waals surface area (Å²) in [5, 5.41) is 12.9. The van der Waals surface area contributed by atoms with E-state index in [1.165, 1.54) is 0 Å². The Bertz CT molecular complexity index is 584. The number of carbonyl (C=O) groups is 1. The van der Waals surface area contributed by atoms with Crippen LogP contribution in [0.25, 0.3) is 0 Å². The Morgan fingerprint density at radius 2 is 1.86 bits per heavy atom. The predicted molar refractivity (Wildman–Crippen MR) is 87.1 cm³/mol. The number of phenolic OH excluding ortho intramolecular Hbond substituents is 1. The van der Waals surface area contributed by atoms with Gasteiger partial charge in [-0.05, 0) is 51.8 Å². The van der Waals surface area contributed by atoms with Crippen molar-refractivity contribution < 1.29 is 14.6 Å². The van der Waals surface area contributed by atoms with Gasteiger partial charge in [-0.3, -0.25) is 5.32 Å². The van der Waals surface area contributed by atoms with Crippen molar-refractivity contribution in [3.05, 3.63) is 23.8 Å². The molecule has 1 aliphatic rings. The highest BCUT2D eigenvalue weighted by Gasteiger charge is 2.52. The van der Waals surface area contributed by atoms with Crippen LogP contribution in [0.2, 0.25) is 0 Å². The number of hydrogen-bond acceptors (Lipinski definition) is 4. The van der Waals surface area contributed by atoms with Crippen molar-refractivity contribution in [3.63, 3.8) is 0 Å². The van der Waals surface area contributed by atoms with E-state index in [2.05, 4.69) is 5.32 Å². The molecular formula is C17H26N2O3. The van der Waals surface area contributed by atoms with Gasteiger partial charge in [0.05, 0.1) is 0 Å². The summed E-state index contributed by atoms with van der Waals surface area (Å²) in [5.41, 5.74) is 6.43. The van der Waals surface area contributed by atoms with Crippen molar-refractivity contribution in [2.45, 2.75) is 64.0 Å². The standard InChI is InChI=1S/C17H26N2O3/c1-15(2,3)22-14(21)19-11-6-7-13(20)12(10-11)16(4,5)17(18)8-9-17/h6-7,10,20H,8-9,18H2,1-5H3,(H,19,21). The lowest BCUT2D eigenvalue weighted by atomic mass is 9.75. The average molecular weight is 306 g/mol. The van der Waals surface area contributed by atoms with Crippen molar-refractivity contribution in [1.29, 1.82) is 0 Å². The van der Waals surface area contributed by atoms with Gasteiger partial charge in [0.1, 0.15) is 11.4 Å². The number of amides is 1. The van der Waals surface area contributed by atoms with Crippen LogP contribution < -0.4 is 11.1 Å². The van der Waals surface area contributed by atoms with E-state index >= 15 is 0 Å². The van der Waals surface area contributed by atoms with E-state index in [4.69, 9.17) is 10.5 Å². The molecule has 2 rings (SSSR count). The summed E-state index contributed by atoms with van der Waals surface area (Å²) in [7, 11) is 0. The summed E-state index contributed by atoms with van der Waals surface area (Å²) in [6.07, 6.45) is 1.35. The molecule has 1 aliphatic carbocycles. The van der Waals surface area contributed by atoms with Gasteiger partial charge in [0.25, 0.3) is 0 Å². The molecule has 1 aromatic carbocycles. The van der Waals surface area contributed by atoms with E-state index in [1.54, 1.807) is 18.2 Å². The first kappa shape index (κ1) is 16.6. The van der Waals surface area contributed by atoms with Crippen molar-refractivity contribution in [2.24, 2.45) is 5.73 Å². The van der Waals surface area contributed by atoms with Crippen LogP contribution in [-0.4, -0.2) is 22.3 Å². The third-order valence-electron chi connectivity index (χ3n) is 4.35. The van der Waals surface area contributed by atoms with Gasteiger partial charge >= 0.3 is 6.09 Å². The summed E-state index contributed by atoms with van der Waals surface area (Å²) >= 11 is 0. The van der Waals surface area contributed by atoms with Gasteiger partial charge in [-0.2, -0.15) is 0 Å². The maximum Gasteiger partial charge on any atom is 0.412 e. The molecular weight excluding hydrogens is 280 g/mol. The summed E-state index contributed by atoms with van der Waals surface area (Å²) in [4.78, 5) is 11.9. The molecule has 0 spiro atoms. The topological polar surface area (TPSA) is 84.6 Å². The number of carbonyl (C=O) groups excluding carboxylic acids is 1. The third-order valence-corrected chi connectivity index (χ3v) is 4.35. The highest BCUT2D eigenvalue weighted by molar-refractivity contribution is 5.85. The molecule has 122 valence electrons. The lowest BCUT2D eigenvalue weighted by Gasteiger charge is -2.33. The van der Waals surface area contributed by atoms with Gasteiger partial charge in [0.15, 0.2) is 0 Å². The normalized spacial score (nSPS) is 17.0. The fourth-order valence-corrected chi connectivity index (χ4v) is 2.56. The Balaban J connectivity index is 2.22. The van der Waals surface area contributed by atoms with E-state index < -0.39 is 11.7 Å². The Morgan fingerprint density at radius 3 is 2.36 bits per heavy atom. The number of benzene rings is 1. The number of rotatable bonds is 3. The van der Waals surface area contributed by atoms with E-state index in [-0.39, 0.29) is 16.7 Å². The maximum absolute atomic E-state index is 11.9. The number of ether oxygens (including phenoxy) is 1. The molecule has 1 fully saturated rings. The van der Waals surface area contributed by atoms with E-state index in [9.17, 15) is 9.90 Å². The molecule has 22 heavy (non-hydrogen) atoms. The minimum Gasteiger partial charge on any atom is -0.508 e. The van der Waals surface area contributed by atoms with Gasteiger partial charge in [-0.15, -0.1) is 0 Å². The monoisotopic (exact) mass is 306 g/mol. The summed E-state index contributed by atoms with van der Waals surface area (Å²) in [6, 6.07) is 5.00. The molecule has 1 amide bonds. The van der Waals surface area contributed by atoms with Crippen molar-refractivity contribution in [3.8, 4) is 5.75 Å². The van der Waals surface area contributed by atoms with Gasteiger partial charge < -0.3 is 15.6 Å². The lowest BCUT2D eigenvalue weighted by Crippen LogP contribution is -2.43. The summed E-state index contributed by atoms with van der Waals surface area (Å²) < 4.78 is 5.24. The SMILES string of the molecule is CC(C)(C)OC(=O)Nc1ccc(O)c(C(C)(C)C2(N)CC2)c1. The molecule has 5 heteroatoms. The second-order valence-corrected chi connectivity index (χ2v) is 7.64. The fraction of sp³-hybridized carbons (Fsp3) is 0.588. The highest BCUT2D eigenvalue weighted by Crippen LogP contribution is 2.51. The van der Waals surface area contributed by atoms with Crippen LogP contribution in [0.5, 0.6) is 5.75 Å². The Morgan fingerprint density at radius 1 is 1.27 bits per heavy atom. The molecule has 0 aliphatic heterocycles. The molecule has 0 heterocycles. The van der Waals surface area contributed by atoms with Gasteiger partial charge in [0.2, 0.25) is 0 Å². The number of nitrogens with two attached hydrogens (primary N) is 1. The summed E-state index contributed by atoms with van der Waals surface area (Å²) in [5.74, 6) is 0.191. The molecule has 1 saturated carbocycles. The first-order valence-electron chi connectivity index (χ1n) is 7.57. The quantitative estimate of drug-likeness (QED) is 0.746. The molecule has 5 nitrogen and oxygen atoms in total. The van der Waals surface area contributed by atoms with Crippen LogP contribution in [0.3, 0.4) is 0 Å². The van der Waals surface area contributed by atoms with Gasteiger partial charge in [-0.1, -0.05) is 13.8 Å². The molecule has 0 unspecified atom stereocenters. The molecule has 0 atom stereocenters. The van der Waals surface area contributed by atoms with Crippen LogP contribution in [0, 0.1) is 0 Å². The second-order valence-electron chi connectivity index (χ2n) is 7.64. The van der Waals surface area contributed by atoms with Gasteiger partial charge in [-0.25, -0.2) is 4.79 Å². The first-order chi connectivity index (χ1) is 9.95. The number of phenols is 1. The number of hydrogen-bond donors (Lipinski definition) is 3. The largest absolute Gasteiger partial charge is 0.508 e. The Labute approximate surface area is 131 Å². The zero-order valence-electron chi connectivity index (χ0n) is 14.0. The van der Waals surface area contributed by atoms with Crippen molar-refractivity contribution in [2.75, 3.05) is 5.32 Å². The smallest absolute Gasteiger partial charge is 0.412 e. The van der Waals surface area contributed by atoms with Crippen molar-refractivity contribution in [1.82, 2.24) is 0 Å². The molecule has 0 bridgehead atoms. The van der Waals surface area contributed by atoms with Gasteiger partial charge in [0, 0.05) is 22.2 Å². The minimum absolute atomic E-state index is 0.191. The third kappa shape index (κ3) is 3.35. The summed E-state index contributed by atoms with van der Waals surface area (Å²) in [6.45, 7) is 9.47. The van der Waals surface area contributed by atoms with Crippen LogP contribution in [-0.2, 0) is 10.2 Å². The minimum atomic E-state index is -0.557. The molecule has 0 aromatic heterocycles. The van der Waals surface area contributed by atoms with Crippen LogP contribution in [0.4, 0.5) is 10.5 Å². The number of aromatic hydroxyl groups is 1. The zero-order valence-corrected chi connectivity index (χ0v) is 14.0. The Hall–Kier alpha value is -1.75. The molecule has 0 saturated heterocycles. The van der Waals surface area contributed by atoms with Crippen LogP contribution in [0.1, 0.15) is 53.0 Å². The fourth-order valence-electron chi connectivity index (χ4n) is 2.56. The lowest BCUT2D eigenvalue weighted by molar-refractivity contribution is 0.0636. The first-order valence-corrected chi connectivity index (χ1v) is 7.57. The van der Waals surface area contributed by atoms with E-state index in [0.29, 0.717) is 5.69 Å². The molecule has 0 radical (unpaired) electrons. The molecule has 1 aromatic rings. The maximum atomic E-state index is 11.9. The highest BCUT2D eigenvalue weighted by atomic mass is 16.6. The van der Waals surface area contributed by atoms with E-state index in [1.807, 2.05) is 34.6 Å². The van der Waals surface area contributed by atoms with Crippen LogP contribution in [0.15, 0.2) is 18.2 Å². The predicted octanol–water partition coefficient (Wildman–Crippen LogP) is 3.51. The average Bonchev–Trinajstić information content (AvgIpc) is 3.09. The Kier molecular flexibility index (Phi) is 3.90. The number of nitrogens with one attached hydrogen (secondary N) is 1. The second kappa shape index (κ2) is 5.16. The number of anilines is 1. The molecule has 4 N–H and O–H groups in total. The van der Waals surface area contributed by atoms with E-state index in [0.717, 1.165) is 18.4 Å². The van der Waals surface area contributed by atoms with Crippen molar-refractivity contribution >= 4 is 11.8 Å². The zero-order chi connectivity index (χ0) is 16.8. The van der Waals surface area contributed by atoms with Crippen LogP contribution >= 0.6 is 0 Å².